The van der Waals surface area contributed by atoms with E-state index >= 15 is 0 Å². The number of aliphatic hydroxyl groups is 3. The van der Waals surface area contributed by atoms with E-state index in [-0.39, 0.29) is 0 Å². The number of hydrogen-bond acceptors (Lipinski definition) is 5. The summed E-state index contributed by atoms with van der Waals surface area (Å²) in [5.74, 6) is 0. The van der Waals surface area contributed by atoms with E-state index in [1.807, 2.05) is 30.3 Å². The van der Waals surface area contributed by atoms with E-state index in [0.29, 0.717) is 0 Å². The van der Waals surface area contributed by atoms with E-state index in [1.165, 1.54) is 18.7 Å². The molecule has 0 aliphatic carbocycles. The van der Waals surface area contributed by atoms with Crippen LogP contribution in [0.25, 0.3) is 0 Å². The molecule has 1 heterocycles. The molecule has 0 bridgehead atoms. The zero-order chi connectivity index (χ0) is 12.4. The molecule has 5 heteroatoms. The number of aliphatic hydroxyl groups excluding tert-OH is 3. The van der Waals surface area contributed by atoms with Crippen LogP contribution in [0.3, 0.4) is 0 Å². The molecule has 0 amide bonds. The Morgan fingerprint density at radius 2 is 1.82 bits per heavy atom. The van der Waals surface area contributed by atoms with Crippen LogP contribution in [0.2, 0.25) is 0 Å². The van der Waals surface area contributed by atoms with Crippen molar-refractivity contribution in [3.05, 3.63) is 30.3 Å². The minimum atomic E-state index is -1.05. The summed E-state index contributed by atoms with van der Waals surface area (Å²) in [6.45, 7) is 1.54. The van der Waals surface area contributed by atoms with E-state index in [0.717, 1.165) is 4.90 Å². The standard InChI is InChI=1S/C12H16O4S/c1-7(13)11-9(14)10(15)12(16-11)17-8-5-3-2-4-6-8/h2-7,9-15H,1H3/t7-,9-,10-,11+,12?/m0/s1. The highest BCUT2D eigenvalue weighted by molar-refractivity contribution is 7.99. The third-order valence-electron chi connectivity index (χ3n) is 2.73. The molecule has 0 spiro atoms. The molecule has 1 aromatic rings. The van der Waals surface area contributed by atoms with Crippen molar-refractivity contribution in [2.24, 2.45) is 0 Å². The lowest BCUT2D eigenvalue weighted by atomic mass is 10.1. The summed E-state index contributed by atoms with van der Waals surface area (Å²) in [5.41, 5.74) is -0.549. The van der Waals surface area contributed by atoms with Gasteiger partial charge in [0, 0.05) is 4.90 Å². The maximum atomic E-state index is 9.83. The summed E-state index contributed by atoms with van der Waals surface area (Å²) in [4.78, 5) is 0.954. The highest BCUT2D eigenvalue weighted by Crippen LogP contribution is 2.34. The summed E-state index contributed by atoms with van der Waals surface area (Å²) < 4.78 is 5.46. The van der Waals surface area contributed by atoms with Crippen LogP contribution in [0, 0.1) is 0 Å². The average molecular weight is 256 g/mol. The molecule has 94 valence electrons. The second-order valence-electron chi connectivity index (χ2n) is 4.12. The van der Waals surface area contributed by atoms with Gasteiger partial charge in [0.05, 0.1) is 6.10 Å². The van der Waals surface area contributed by atoms with Crippen molar-refractivity contribution in [1.29, 1.82) is 0 Å². The molecule has 1 fully saturated rings. The Hall–Kier alpha value is -0.590. The Balaban J connectivity index is 2.03. The number of thioether (sulfide) groups is 1. The van der Waals surface area contributed by atoms with Crippen molar-refractivity contribution in [1.82, 2.24) is 0 Å². The normalized spacial score (nSPS) is 34.8. The van der Waals surface area contributed by atoms with Crippen molar-refractivity contribution < 1.29 is 20.1 Å². The molecule has 17 heavy (non-hydrogen) atoms. The number of rotatable bonds is 3. The van der Waals surface area contributed by atoms with Gasteiger partial charge in [-0.1, -0.05) is 30.0 Å². The second kappa shape index (κ2) is 5.37. The van der Waals surface area contributed by atoms with E-state index in [2.05, 4.69) is 0 Å². The van der Waals surface area contributed by atoms with Crippen molar-refractivity contribution >= 4 is 11.8 Å². The van der Waals surface area contributed by atoms with Gasteiger partial charge in [0.2, 0.25) is 0 Å². The minimum Gasteiger partial charge on any atom is -0.391 e. The fraction of sp³-hybridized carbons (Fsp3) is 0.500. The number of hydrogen-bond donors (Lipinski definition) is 3. The first-order valence-corrected chi connectivity index (χ1v) is 6.39. The van der Waals surface area contributed by atoms with Crippen LogP contribution in [0.5, 0.6) is 0 Å². The molecular formula is C12H16O4S. The van der Waals surface area contributed by atoms with Gasteiger partial charge in [-0.15, -0.1) is 0 Å². The van der Waals surface area contributed by atoms with Gasteiger partial charge in [-0.25, -0.2) is 0 Å². The van der Waals surface area contributed by atoms with Gasteiger partial charge in [0.15, 0.2) is 0 Å². The van der Waals surface area contributed by atoms with E-state index in [4.69, 9.17) is 4.74 Å². The molecule has 4 nitrogen and oxygen atoms in total. The molecular weight excluding hydrogens is 240 g/mol. The van der Waals surface area contributed by atoms with Crippen LogP contribution in [0.1, 0.15) is 6.92 Å². The van der Waals surface area contributed by atoms with Crippen LogP contribution in [0.4, 0.5) is 0 Å². The van der Waals surface area contributed by atoms with Crippen LogP contribution >= 0.6 is 11.8 Å². The third kappa shape index (κ3) is 2.81. The highest BCUT2D eigenvalue weighted by atomic mass is 32.2. The van der Waals surface area contributed by atoms with Gasteiger partial charge in [-0.3, -0.25) is 0 Å². The fourth-order valence-corrected chi connectivity index (χ4v) is 2.87. The van der Waals surface area contributed by atoms with Gasteiger partial charge in [0.25, 0.3) is 0 Å². The fourth-order valence-electron chi connectivity index (χ4n) is 1.80. The van der Waals surface area contributed by atoms with E-state index in [1.54, 1.807) is 0 Å². The first-order chi connectivity index (χ1) is 8.09. The minimum absolute atomic E-state index is 0.549. The SMILES string of the molecule is C[C@H](O)[C@H]1OC(Sc2ccccc2)[C@@H](O)[C@@H]1O. The molecule has 3 N–H and O–H groups in total. The zero-order valence-electron chi connectivity index (χ0n) is 9.43. The van der Waals surface area contributed by atoms with Crippen LogP contribution < -0.4 is 0 Å². The molecule has 2 rings (SSSR count). The Kier molecular flexibility index (Phi) is 4.06. The molecule has 0 aromatic heterocycles. The summed E-state index contributed by atoms with van der Waals surface area (Å²) in [6.07, 6.45) is -3.57. The Morgan fingerprint density at radius 1 is 1.18 bits per heavy atom. The topological polar surface area (TPSA) is 69.9 Å². The predicted molar refractivity (Wildman–Crippen MR) is 64.7 cm³/mol. The van der Waals surface area contributed by atoms with Gasteiger partial charge in [0.1, 0.15) is 23.7 Å². The first kappa shape index (κ1) is 12.9. The van der Waals surface area contributed by atoms with Crippen LogP contribution in [-0.4, -0.2) is 45.2 Å². The Bertz CT molecular complexity index is 357. The van der Waals surface area contributed by atoms with Crippen LogP contribution in [-0.2, 0) is 4.74 Å². The van der Waals surface area contributed by atoms with Gasteiger partial charge >= 0.3 is 0 Å². The molecule has 0 radical (unpaired) electrons. The maximum Gasteiger partial charge on any atom is 0.136 e. The summed E-state index contributed by atoms with van der Waals surface area (Å²) >= 11 is 1.34. The number of ether oxygens (including phenoxy) is 1. The second-order valence-corrected chi connectivity index (χ2v) is 5.29. The van der Waals surface area contributed by atoms with Crippen LogP contribution in [0.15, 0.2) is 35.2 Å². The quantitative estimate of drug-likeness (QED) is 0.739. The number of benzene rings is 1. The molecule has 5 atom stereocenters. The van der Waals surface area contributed by atoms with Gasteiger partial charge < -0.3 is 20.1 Å². The average Bonchev–Trinajstić information content (AvgIpc) is 2.59. The van der Waals surface area contributed by atoms with Gasteiger partial charge in [-0.2, -0.15) is 0 Å². The van der Waals surface area contributed by atoms with Crippen molar-refractivity contribution in [3.8, 4) is 0 Å². The first-order valence-electron chi connectivity index (χ1n) is 5.51. The molecule has 1 saturated heterocycles. The van der Waals surface area contributed by atoms with Crippen molar-refractivity contribution in [3.63, 3.8) is 0 Å². The lowest BCUT2D eigenvalue weighted by Crippen LogP contribution is -2.37. The zero-order valence-corrected chi connectivity index (χ0v) is 10.2. The molecule has 1 unspecified atom stereocenters. The summed E-state index contributed by atoms with van der Waals surface area (Å²) in [7, 11) is 0. The van der Waals surface area contributed by atoms with E-state index in [9.17, 15) is 15.3 Å². The smallest absolute Gasteiger partial charge is 0.136 e. The molecule has 1 aromatic carbocycles. The lowest BCUT2D eigenvalue weighted by molar-refractivity contribution is -0.0460. The Morgan fingerprint density at radius 3 is 2.35 bits per heavy atom. The molecule has 1 aliphatic heterocycles. The highest BCUT2D eigenvalue weighted by Gasteiger charge is 2.45. The largest absolute Gasteiger partial charge is 0.391 e. The van der Waals surface area contributed by atoms with Gasteiger partial charge in [-0.05, 0) is 19.1 Å². The third-order valence-corrected chi connectivity index (χ3v) is 3.89. The molecule has 1 aliphatic rings. The Labute approximate surface area is 104 Å². The van der Waals surface area contributed by atoms with Crippen molar-refractivity contribution in [2.45, 2.75) is 41.7 Å². The van der Waals surface area contributed by atoms with Crippen molar-refractivity contribution in [2.75, 3.05) is 0 Å². The van der Waals surface area contributed by atoms with E-state index < -0.39 is 29.9 Å². The molecule has 0 saturated carbocycles. The summed E-state index contributed by atoms with van der Waals surface area (Å²) in [5, 5.41) is 29.0. The maximum absolute atomic E-state index is 9.83. The monoisotopic (exact) mass is 256 g/mol. The predicted octanol–water partition coefficient (Wildman–Crippen LogP) is 0.606. The lowest BCUT2D eigenvalue weighted by Gasteiger charge is -2.16. The summed E-state index contributed by atoms with van der Waals surface area (Å²) in [6, 6.07) is 9.51.